The molecular formula is C16H23NO2. The Morgan fingerprint density at radius 1 is 1.26 bits per heavy atom. The topological polar surface area (TPSA) is 49.3 Å². The van der Waals surface area contributed by atoms with Crippen molar-refractivity contribution in [2.24, 2.45) is 11.3 Å². The van der Waals surface area contributed by atoms with E-state index in [0.29, 0.717) is 0 Å². The van der Waals surface area contributed by atoms with Crippen molar-refractivity contribution in [2.45, 2.75) is 39.2 Å². The number of carbonyl (C=O) groups is 1. The summed E-state index contributed by atoms with van der Waals surface area (Å²) >= 11 is 0. The third-order valence-electron chi connectivity index (χ3n) is 3.73. The summed E-state index contributed by atoms with van der Waals surface area (Å²) in [6, 6.07) is 9.65. The molecule has 3 nitrogen and oxygen atoms in total. The van der Waals surface area contributed by atoms with E-state index in [1.807, 2.05) is 51.1 Å². The summed E-state index contributed by atoms with van der Waals surface area (Å²) in [5.74, 6) is 0.234. The molecule has 1 aliphatic rings. The van der Waals surface area contributed by atoms with Crippen molar-refractivity contribution in [1.29, 1.82) is 0 Å². The fourth-order valence-corrected chi connectivity index (χ4v) is 2.25. The molecule has 1 aliphatic carbocycles. The Balaban J connectivity index is 2.11. The summed E-state index contributed by atoms with van der Waals surface area (Å²) in [6.45, 7) is 5.92. The molecule has 1 aromatic carbocycles. The van der Waals surface area contributed by atoms with Gasteiger partial charge in [-0.1, -0.05) is 51.1 Å². The molecule has 0 unspecified atom stereocenters. The van der Waals surface area contributed by atoms with Crippen LogP contribution >= 0.6 is 0 Å². The average molecular weight is 261 g/mol. The molecule has 1 saturated carbocycles. The highest BCUT2D eigenvalue weighted by molar-refractivity contribution is 5.81. The van der Waals surface area contributed by atoms with Crippen molar-refractivity contribution in [1.82, 2.24) is 5.32 Å². The van der Waals surface area contributed by atoms with Crippen molar-refractivity contribution < 1.29 is 9.90 Å². The molecule has 1 atom stereocenters. The van der Waals surface area contributed by atoms with E-state index in [4.69, 9.17) is 0 Å². The van der Waals surface area contributed by atoms with Gasteiger partial charge in [-0.2, -0.15) is 0 Å². The number of aliphatic hydroxyl groups is 1. The van der Waals surface area contributed by atoms with Gasteiger partial charge in [-0.05, 0) is 24.3 Å². The number of hydrogen-bond acceptors (Lipinski definition) is 2. The Labute approximate surface area is 115 Å². The largest absolute Gasteiger partial charge is 0.383 e. The first kappa shape index (κ1) is 14.1. The Kier molecular flexibility index (Phi) is 3.68. The second-order valence-corrected chi connectivity index (χ2v) is 6.50. The van der Waals surface area contributed by atoms with E-state index in [1.54, 1.807) is 0 Å². The van der Waals surface area contributed by atoms with Crippen LogP contribution in [0.5, 0.6) is 0 Å². The van der Waals surface area contributed by atoms with Crippen LogP contribution in [0.1, 0.15) is 39.2 Å². The zero-order valence-electron chi connectivity index (χ0n) is 11.9. The van der Waals surface area contributed by atoms with Crippen molar-refractivity contribution in [3.05, 3.63) is 35.9 Å². The smallest absolute Gasteiger partial charge is 0.225 e. The molecule has 0 aliphatic heterocycles. The van der Waals surface area contributed by atoms with Crippen LogP contribution in [0.25, 0.3) is 0 Å². The van der Waals surface area contributed by atoms with Gasteiger partial charge in [-0.15, -0.1) is 0 Å². The van der Waals surface area contributed by atoms with Crippen molar-refractivity contribution in [3.63, 3.8) is 0 Å². The van der Waals surface area contributed by atoms with E-state index in [2.05, 4.69) is 5.32 Å². The quantitative estimate of drug-likeness (QED) is 0.874. The maximum atomic E-state index is 12.0. The highest BCUT2D eigenvalue weighted by Gasteiger charge is 2.45. The molecule has 19 heavy (non-hydrogen) atoms. The number of nitrogens with one attached hydrogen (secondary N) is 1. The summed E-state index contributed by atoms with van der Waals surface area (Å²) < 4.78 is 0. The highest BCUT2D eigenvalue weighted by Crippen LogP contribution is 2.45. The van der Waals surface area contributed by atoms with E-state index in [0.717, 1.165) is 18.4 Å². The summed E-state index contributed by atoms with van der Waals surface area (Å²) in [7, 11) is 0. The molecule has 1 aromatic rings. The van der Waals surface area contributed by atoms with Crippen LogP contribution < -0.4 is 5.32 Å². The van der Waals surface area contributed by atoms with Crippen LogP contribution in [0, 0.1) is 11.3 Å². The van der Waals surface area contributed by atoms with Gasteiger partial charge >= 0.3 is 0 Å². The second-order valence-electron chi connectivity index (χ2n) is 6.50. The number of benzene rings is 1. The molecule has 2 rings (SSSR count). The number of rotatable bonds is 4. The van der Waals surface area contributed by atoms with E-state index < -0.39 is 11.0 Å². The molecule has 104 valence electrons. The standard InChI is InChI=1S/C16H23NO2/c1-15(2,3)14(18)17-11-16(19,13-9-10-13)12-7-5-4-6-8-12/h4-8,13,19H,9-11H2,1-3H3,(H,17,18)/t16-/m1/s1. The average Bonchev–Trinajstić information content (AvgIpc) is 3.20. The minimum atomic E-state index is -0.928. The van der Waals surface area contributed by atoms with Crippen LogP contribution in [0.15, 0.2) is 30.3 Å². The van der Waals surface area contributed by atoms with Crippen molar-refractivity contribution >= 4 is 5.91 Å². The van der Waals surface area contributed by atoms with E-state index >= 15 is 0 Å². The van der Waals surface area contributed by atoms with Crippen LogP contribution in [-0.4, -0.2) is 17.6 Å². The van der Waals surface area contributed by atoms with Gasteiger partial charge in [-0.3, -0.25) is 4.79 Å². The molecule has 0 radical (unpaired) electrons. The van der Waals surface area contributed by atoms with Crippen LogP contribution in [-0.2, 0) is 10.4 Å². The van der Waals surface area contributed by atoms with Gasteiger partial charge in [0.1, 0.15) is 5.60 Å². The second kappa shape index (κ2) is 4.97. The lowest BCUT2D eigenvalue weighted by Crippen LogP contribution is -2.45. The fraction of sp³-hybridized carbons (Fsp3) is 0.562. The molecular weight excluding hydrogens is 238 g/mol. The van der Waals surface area contributed by atoms with Gasteiger partial charge in [0.15, 0.2) is 0 Å². The SMILES string of the molecule is CC(C)(C)C(=O)NC[C@@](O)(c1ccccc1)C1CC1. The van der Waals surface area contributed by atoms with Crippen LogP contribution in [0.2, 0.25) is 0 Å². The predicted molar refractivity (Wildman–Crippen MR) is 75.5 cm³/mol. The maximum absolute atomic E-state index is 12.0. The fourth-order valence-electron chi connectivity index (χ4n) is 2.25. The summed E-state index contributed by atoms with van der Waals surface area (Å²) in [5, 5.41) is 13.8. The number of amides is 1. The van der Waals surface area contributed by atoms with Gasteiger partial charge in [0.05, 0.1) is 6.54 Å². The van der Waals surface area contributed by atoms with Gasteiger partial charge in [-0.25, -0.2) is 0 Å². The number of carbonyl (C=O) groups excluding carboxylic acids is 1. The lowest BCUT2D eigenvalue weighted by atomic mass is 9.88. The Bertz CT molecular complexity index is 446. The molecule has 1 amide bonds. The lowest BCUT2D eigenvalue weighted by molar-refractivity contribution is -0.130. The first-order valence-electron chi connectivity index (χ1n) is 6.90. The van der Waals surface area contributed by atoms with Gasteiger partial charge < -0.3 is 10.4 Å². The molecule has 3 heteroatoms. The molecule has 0 aromatic heterocycles. The molecule has 1 fully saturated rings. The first-order chi connectivity index (χ1) is 8.84. The Morgan fingerprint density at radius 3 is 2.32 bits per heavy atom. The van der Waals surface area contributed by atoms with Crippen LogP contribution in [0.3, 0.4) is 0 Å². The zero-order chi connectivity index (χ0) is 14.1. The van der Waals surface area contributed by atoms with E-state index in [-0.39, 0.29) is 18.4 Å². The Morgan fingerprint density at radius 2 is 1.84 bits per heavy atom. The Hall–Kier alpha value is -1.35. The van der Waals surface area contributed by atoms with Crippen LogP contribution in [0.4, 0.5) is 0 Å². The zero-order valence-corrected chi connectivity index (χ0v) is 11.9. The van der Waals surface area contributed by atoms with Gasteiger partial charge in [0.2, 0.25) is 5.91 Å². The molecule has 0 spiro atoms. The minimum Gasteiger partial charge on any atom is -0.383 e. The predicted octanol–water partition coefficient (Wildman–Crippen LogP) is 2.45. The minimum absolute atomic E-state index is 0.0255. The highest BCUT2D eigenvalue weighted by atomic mass is 16.3. The van der Waals surface area contributed by atoms with Crippen molar-refractivity contribution in [3.8, 4) is 0 Å². The lowest BCUT2D eigenvalue weighted by Gasteiger charge is -2.30. The van der Waals surface area contributed by atoms with Gasteiger partial charge in [0.25, 0.3) is 0 Å². The maximum Gasteiger partial charge on any atom is 0.225 e. The third-order valence-corrected chi connectivity index (χ3v) is 3.73. The normalized spacial score (nSPS) is 18.7. The molecule has 0 heterocycles. The summed E-state index contributed by atoms with van der Waals surface area (Å²) in [4.78, 5) is 12.0. The van der Waals surface area contributed by atoms with Gasteiger partial charge in [0, 0.05) is 5.41 Å². The summed E-state index contributed by atoms with van der Waals surface area (Å²) in [6.07, 6.45) is 2.05. The number of hydrogen-bond donors (Lipinski definition) is 2. The van der Waals surface area contributed by atoms with Crippen molar-refractivity contribution in [2.75, 3.05) is 6.54 Å². The molecule has 0 bridgehead atoms. The van der Waals surface area contributed by atoms with E-state index in [9.17, 15) is 9.90 Å². The summed E-state index contributed by atoms with van der Waals surface area (Å²) in [5.41, 5.74) is -0.463. The van der Waals surface area contributed by atoms with E-state index in [1.165, 1.54) is 0 Å². The molecule has 2 N–H and O–H groups in total. The molecule has 0 saturated heterocycles. The monoisotopic (exact) mass is 261 g/mol. The third kappa shape index (κ3) is 3.16. The first-order valence-corrected chi connectivity index (χ1v) is 6.90.